The van der Waals surface area contributed by atoms with Crippen molar-refractivity contribution >= 4 is 40.7 Å². The lowest BCUT2D eigenvalue weighted by Gasteiger charge is -2.33. The fraction of sp³-hybridized carbons (Fsp3) is 0.467. The molecule has 1 saturated heterocycles. The lowest BCUT2D eigenvalue weighted by atomic mass is 10.1. The van der Waals surface area contributed by atoms with Crippen molar-refractivity contribution in [2.75, 3.05) is 31.3 Å². The largest absolute Gasteiger partial charge is 0.468 e. The molecule has 114 valence electrons. The molecule has 6 heteroatoms. The summed E-state index contributed by atoms with van der Waals surface area (Å²) in [5.74, 6) is 0.692. The number of thioether (sulfide) groups is 1. The van der Waals surface area contributed by atoms with Crippen LogP contribution in [0.3, 0.4) is 0 Å². The van der Waals surface area contributed by atoms with Gasteiger partial charge >= 0.3 is 5.97 Å². The van der Waals surface area contributed by atoms with Gasteiger partial charge in [0.1, 0.15) is 5.25 Å². The molecule has 1 N–H and O–H groups in total. The number of ether oxygens (including phenoxy) is 1. The van der Waals surface area contributed by atoms with Gasteiger partial charge in [-0.3, -0.25) is 4.79 Å². The van der Waals surface area contributed by atoms with Crippen molar-refractivity contribution in [2.45, 2.75) is 18.6 Å². The molecule has 2 rings (SSSR count). The van der Waals surface area contributed by atoms with Crippen molar-refractivity contribution in [2.24, 2.45) is 0 Å². The maximum absolute atomic E-state index is 11.6. The first-order chi connectivity index (χ1) is 10.1. The molecule has 4 nitrogen and oxygen atoms in total. The molecule has 1 atom stereocenters. The van der Waals surface area contributed by atoms with Crippen LogP contribution in [0.15, 0.2) is 24.3 Å². The van der Waals surface area contributed by atoms with Crippen LogP contribution in [0, 0.1) is 0 Å². The second kappa shape index (κ2) is 7.66. The van der Waals surface area contributed by atoms with Gasteiger partial charge in [-0.2, -0.15) is 0 Å². The van der Waals surface area contributed by atoms with E-state index in [1.807, 2.05) is 17.0 Å². The number of benzene rings is 1. The van der Waals surface area contributed by atoms with Gasteiger partial charge in [-0.25, -0.2) is 0 Å². The fourth-order valence-electron chi connectivity index (χ4n) is 2.18. The standard InChI is InChI=1S/C15H20N2O2S2/c1-3-11-5-4-6-12(9-11)16-15(20)17-7-8-21-13(10-17)14(18)19-2/h4-6,9,13H,3,7-8,10H2,1-2H3,(H,16,20)/t13-/m1/s1. The van der Waals surface area contributed by atoms with E-state index in [-0.39, 0.29) is 11.2 Å². The number of carbonyl (C=O) groups is 1. The lowest BCUT2D eigenvalue weighted by Crippen LogP contribution is -2.46. The second-order valence-electron chi connectivity index (χ2n) is 4.81. The molecule has 1 aliphatic heterocycles. The first-order valence-corrected chi connectivity index (χ1v) is 8.44. The van der Waals surface area contributed by atoms with Crippen LogP contribution in [-0.4, -0.2) is 47.2 Å². The first-order valence-electron chi connectivity index (χ1n) is 6.98. The maximum atomic E-state index is 11.6. The monoisotopic (exact) mass is 324 g/mol. The van der Waals surface area contributed by atoms with E-state index < -0.39 is 0 Å². The minimum Gasteiger partial charge on any atom is -0.468 e. The van der Waals surface area contributed by atoms with E-state index in [0.717, 1.165) is 24.4 Å². The zero-order valence-electron chi connectivity index (χ0n) is 12.3. The number of rotatable bonds is 3. The fourth-order valence-corrected chi connectivity index (χ4v) is 3.59. The van der Waals surface area contributed by atoms with Crippen molar-refractivity contribution in [1.29, 1.82) is 0 Å². The molecule has 0 unspecified atom stereocenters. The molecule has 1 heterocycles. The molecular formula is C15H20N2O2S2. The van der Waals surface area contributed by atoms with Crippen LogP contribution in [0.1, 0.15) is 12.5 Å². The Bertz CT molecular complexity index is 522. The summed E-state index contributed by atoms with van der Waals surface area (Å²) in [7, 11) is 1.43. The molecule has 1 aromatic rings. The third-order valence-corrected chi connectivity index (χ3v) is 4.93. The first kappa shape index (κ1) is 16.1. The molecule has 1 aromatic carbocycles. The zero-order valence-corrected chi connectivity index (χ0v) is 13.9. The zero-order chi connectivity index (χ0) is 15.2. The van der Waals surface area contributed by atoms with Gasteiger partial charge in [-0.15, -0.1) is 11.8 Å². The number of thiocarbonyl (C=S) groups is 1. The van der Waals surface area contributed by atoms with Crippen LogP contribution < -0.4 is 5.32 Å². The van der Waals surface area contributed by atoms with Gasteiger partial charge in [-0.05, 0) is 36.3 Å². The highest BCUT2D eigenvalue weighted by atomic mass is 32.2. The van der Waals surface area contributed by atoms with Crippen LogP contribution in [0.4, 0.5) is 5.69 Å². The van der Waals surface area contributed by atoms with Crippen LogP contribution in [0.5, 0.6) is 0 Å². The van der Waals surface area contributed by atoms with Crippen molar-refractivity contribution in [1.82, 2.24) is 4.90 Å². The molecule has 0 aromatic heterocycles. The Balaban J connectivity index is 1.97. The Labute approximate surface area is 135 Å². The summed E-state index contributed by atoms with van der Waals surface area (Å²) in [6.07, 6.45) is 0.993. The van der Waals surface area contributed by atoms with Crippen LogP contribution in [0.25, 0.3) is 0 Å². The van der Waals surface area contributed by atoms with E-state index in [1.165, 1.54) is 12.7 Å². The van der Waals surface area contributed by atoms with Gasteiger partial charge < -0.3 is 15.0 Å². The summed E-state index contributed by atoms with van der Waals surface area (Å²) in [4.78, 5) is 13.7. The number of carbonyl (C=O) groups excluding carboxylic acids is 1. The summed E-state index contributed by atoms with van der Waals surface area (Å²) in [5.41, 5.74) is 2.26. The van der Waals surface area contributed by atoms with Crippen molar-refractivity contribution in [3.8, 4) is 0 Å². The number of hydrogen-bond donors (Lipinski definition) is 1. The Morgan fingerprint density at radius 3 is 3.10 bits per heavy atom. The molecule has 0 spiro atoms. The molecule has 0 amide bonds. The molecule has 0 radical (unpaired) electrons. The predicted molar refractivity (Wildman–Crippen MR) is 91.9 cm³/mol. The minimum absolute atomic E-state index is 0.162. The normalized spacial score (nSPS) is 18.2. The third-order valence-electron chi connectivity index (χ3n) is 3.40. The highest BCUT2D eigenvalue weighted by Gasteiger charge is 2.28. The van der Waals surface area contributed by atoms with Gasteiger partial charge in [0.25, 0.3) is 0 Å². The van der Waals surface area contributed by atoms with E-state index in [0.29, 0.717) is 11.7 Å². The van der Waals surface area contributed by atoms with Gasteiger partial charge in [0.2, 0.25) is 0 Å². The number of nitrogens with one attached hydrogen (secondary N) is 1. The Kier molecular flexibility index (Phi) is 5.87. The van der Waals surface area contributed by atoms with E-state index >= 15 is 0 Å². The SMILES string of the molecule is CCc1cccc(NC(=S)N2CCS[C@@H](C(=O)OC)C2)c1. The Hall–Kier alpha value is -1.27. The lowest BCUT2D eigenvalue weighted by molar-refractivity contribution is -0.140. The molecule has 0 saturated carbocycles. The van der Waals surface area contributed by atoms with Crippen LogP contribution >= 0.6 is 24.0 Å². The average molecular weight is 324 g/mol. The number of esters is 1. The second-order valence-corrected chi connectivity index (χ2v) is 6.51. The van der Waals surface area contributed by atoms with E-state index in [1.54, 1.807) is 11.8 Å². The van der Waals surface area contributed by atoms with Crippen molar-refractivity contribution in [3.05, 3.63) is 29.8 Å². The number of anilines is 1. The molecule has 0 aliphatic carbocycles. The summed E-state index contributed by atoms with van der Waals surface area (Å²) >= 11 is 7.09. The molecule has 0 bridgehead atoms. The highest BCUT2D eigenvalue weighted by Crippen LogP contribution is 2.21. The van der Waals surface area contributed by atoms with Gasteiger partial charge in [0, 0.05) is 24.5 Å². The van der Waals surface area contributed by atoms with Crippen LogP contribution in [-0.2, 0) is 16.0 Å². The molecule has 1 aliphatic rings. The summed E-state index contributed by atoms with van der Waals surface area (Å²) in [6, 6.07) is 8.22. The summed E-state index contributed by atoms with van der Waals surface area (Å²) in [6.45, 7) is 3.56. The topological polar surface area (TPSA) is 41.6 Å². The van der Waals surface area contributed by atoms with Gasteiger partial charge in [-0.1, -0.05) is 19.1 Å². The molecule has 21 heavy (non-hydrogen) atoms. The maximum Gasteiger partial charge on any atom is 0.320 e. The number of aryl methyl sites for hydroxylation is 1. The van der Waals surface area contributed by atoms with E-state index in [4.69, 9.17) is 17.0 Å². The van der Waals surface area contributed by atoms with E-state index in [2.05, 4.69) is 24.4 Å². The van der Waals surface area contributed by atoms with Gasteiger partial charge in [0.15, 0.2) is 5.11 Å². The number of methoxy groups -OCH3 is 1. The molecular weight excluding hydrogens is 304 g/mol. The predicted octanol–water partition coefficient (Wildman–Crippen LogP) is 2.54. The highest BCUT2D eigenvalue weighted by molar-refractivity contribution is 8.00. The number of hydrogen-bond acceptors (Lipinski definition) is 4. The summed E-state index contributed by atoms with van der Waals surface area (Å²) in [5, 5.41) is 3.76. The Morgan fingerprint density at radius 1 is 1.57 bits per heavy atom. The average Bonchev–Trinajstić information content (AvgIpc) is 2.54. The van der Waals surface area contributed by atoms with E-state index in [9.17, 15) is 4.79 Å². The van der Waals surface area contributed by atoms with Crippen molar-refractivity contribution in [3.63, 3.8) is 0 Å². The quantitative estimate of drug-likeness (QED) is 0.681. The van der Waals surface area contributed by atoms with Gasteiger partial charge in [0.05, 0.1) is 7.11 Å². The smallest absolute Gasteiger partial charge is 0.320 e. The van der Waals surface area contributed by atoms with Crippen molar-refractivity contribution < 1.29 is 9.53 Å². The molecule has 1 fully saturated rings. The third kappa shape index (κ3) is 4.35. The minimum atomic E-state index is -0.180. The Morgan fingerprint density at radius 2 is 2.38 bits per heavy atom. The summed E-state index contributed by atoms with van der Waals surface area (Å²) < 4.78 is 4.82. The van der Waals surface area contributed by atoms with Crippen LogP contribution in [0.2, 0.25) is 0 Å². The number of nitrogens with zero attached hydrogens (tertiary/aromatic N) is 1.